The lowest BCUT2D eigenvalue weighted by Crippen LogP contribution is -2.10. The smallest absolute Gasteiger partial charge is 0.371 e. The normalized spacial score (nSPS) is 8.84. The third-order valence-electron chi connectivity index (χ3n) is 2.31. The molecular formula is C18H20O7. The van der Waals surface area contributed by atoms with Crippen LogP contribution >= 0.6 is 0 Å². The van der Waals surface area contributed by atoms with Crippen LogP contribution in [-0.2, 0) is 23.9 Å². The maximum Gasteiger partial charge on any atom is 0.371 e. The van der Waals surface area contributed by atoms with Crippen molar-refractivity contribution in [3.63, 3.8) is 0 Å². The molecule has 0 aromatic heterocycles. The lowest BCUT2D eigenvalue weighted by Gasteiger charge is -2.05. The van der Waals surface area contributed by atoms with Crippen molar-refractivity contribution in [1.82, 2.24) is 0 Å². The van der Waals surface area contributed by atoms with Gasteiger partial charge in [-0.1, -0.05) is 31.4 Å². The predicted molar refractivity (Wildman–Crippen MR) is 90.8 cm³/mol. The molecule has 7 nitrogen and oxygen atoms in total. The van der Waals surface area contributed by atoms with Gasteiger partial charge >= 0.3 is 17.9 Å². The number of ether oxygens (including phenoxy) is 3. The highest BCUT2D eigenvalue weighted by atomic mass is 16.6. The summed E-state index contributed by atoms with van der Waals surface area (Å²) in [5.74, 6) is -2.40. The van der Waals surface area contributed by atoms with Crippen molar-refractivity contribution in [1.29, 1.82) is 0 Å². The van der Waals surface area contributed by atoms with Crippen LogP contribution in [0.4, 0.5) is 0 Å². The van der Waals surface area contributed by atoms with Gasteiger partial charge in [-0.2, -0.15) is 0 Å². The van der Waals surface area contributed by atoms with Crippen LogP contribution in [0.2, 0.25) is 0 Å². The Bertz CT molecular complexity index is 608. The number of rotatable bonds is 8. The minimum Gasteiger partial charge on any atom is -0.490 e. The minimum absolute atomic E-state index is 0.132. The van der Waals surface area contributed by atoms with Crippen molar-refractivity contribution in [2.45, 2.75) is 6.92 Å². The largest absolute Gasteiger partial charge is 0.490 e. The van der Waals surface area contributed by atoms with Crippen LogP contribution in [-0.4, -0.2) is 36.2 Å². The van der Waals surface area contributed by atoms with E-state index >= 15 is 0 Å². The number of para-hydroxylation sites is 1. The highest BCUT2D eigenvalue weighted by Crippen LogP contribution is 2.07. The number of carbonyl (C=O) groups is 3. The Kier molecular flexibility index (Phi) is 10.5. The summed E-state index contributed by atoms with van der Waals surface area (Å²) >= 11 is 0. The molecule has 1 N–H and O–H groups in total. The summed E-state index contributed by atoms with van der Waals surface area (Å²) < 4.78 is 14.3. The molecule has 1 rings (SSSR count). The second-order valence-electron chi connectivity index (χ2n) is 4.43. The summed E-state index contributed by atoms with van der Waals surface area (Å²) in [7, 11) is 0. The fraction of sp³-hybridized carbons (Fsp3) is 0.167. The van der Waals surface area contributed by atoms with E-state index in [1.807, 2.05) is 30.3 Å². The number of hydrogen-bond donors (Lipinski definition) is 1. The van der Waals surface area contributed by atoms with E-state index in [0.717, 1.165) is 11.8 Å². The van der Waals surface area contributed by atoms with Gasteiger partial charge in [0.25, 0.3) is 0 Å². The summed E-state index contributed by atoms with van der Waals surface area (Å²) in [5.41, 5.74) is 0.132. The third-order valence-corrected chi connectivity index (χ3v) is 2.31. The molecule has 0 radical (unpaired) electrons. The van der Waals surface area contributed by atoms with Crippen LogP contribution in [0.25, 0.3) is 0 Å². The molecular weight excluding hydrogens is 328 g/mol. The molecule has 0 unspecified atom stereocenters. The minimum atomic E-state index is -1.36. The van der Waals surface area contributed by atoms with Crippen molar-refractivity contribution in [2.24, 2.45) is 0 Å². The van der Waals surface area contributed by atoms with Crippen molar-refractivity contribution in [3.8, 4) is 5.75 Å². The number of carboxylic acid groups (broad SMARTS) is 1. The fourth-order valence-electron chi connectivity index (χ4n) is 1.12. The third kappa shape index (κ3) is 10.9. The first kappa shape index (κ1) is 21.6. The van der Waals surface area contributed by atoms with Crippen molar-refractivity contribution in [3.05, 3.63) is 67.5 Å². The molecule has 25 heavy (non-hydrogen) atoms. The first-order valence-electron chi connectivity index (χ1n) is 7.04. The topological polar surface area (TPSA) is 99.1 Å². The molecule has 0 saturated carbocycles. The predicted octanol–water partition coefficient (Wildman–Crippen LogP) is 2.50. The SMILES string of the molecule is C=C(C)C(=O)OC(=C)C(=O)O.C=CC(=O)OCCOc1ccccc1. The Morgan fingerprint density at radius 1 is 1.12 bits per heavy atom. The lowest BCUT2D eigenvalue weighted by molar-refractivity contribution is -0.145. The van der Waals surface area contributed by atoms with E-state index < -0.39 is 23.7 Å². The van der Waals surface area contributed by atoms with Gasteiger partial charge in [-0.25, -0.2) is 14.4 Å². The Morgan fingerprint density at radius 2 is 1.72 bits per heavy atom. The summed E-state index contributed by atoms with van der Waals surface area (Å²) in [4.78, 5) is 31.3. The van der Waals surface area contributed by atoms with Gasteiger partial charge < -0.3 is 19.3 Å². The van der Waals surface area contributed by atoms with E-state index in [1.165, 1.54) is 6.92 Å². The maximum absolute atomic E-state index is 10.6. The first-order valence-corrected chi connectivity index (χ1v) is 7.04. The van der Waals surface area contributed by atoms with Crippen LogP contribution < -0.4 is 4.74 Å². The van der Waals surface area contributed by atoms with Gasteiger partial charge in [-0.3, -0.25) is 0 Å². The van der Waals surface area contributed by atoms with Crippen LogP contribution in [0, 0.1) is 0 Å². The Morgan fingerprint density at radius 3 is 2.20 bits per heavy atom. The fourth-order valence-corrected chi connectivity index (χ4v) is 1.12. The first-order chi connectivity index (χ1) is 11.8. The molecule has 0 saturated heterocycles. The number of esters is 2. The van der Waals surface area contributed by atoms with Crippen molar-refractivity contribution < 1.29 is 33.7 Å². The van der Waals surface area contributed by atoms with Crippen LogP contribution in [0.3, 0.4) is 0 Å². The average Bonchev–Trinajstić information content (AvgIpc) is 2.59. The van der Waals surface area contributed by atoms with Gasteiger partial charge in [0.05, 0.1) is 0 Å². The number of carboxylic acids is 1. The van der Waals surface area contributed by atoms with E-state index in [-0.39, 0.29) is 12.2 Å². The molecule has 1 aromatic rings. The zero-order chi connectivity index (χ0) is 19.2. The Balaban J connectivity index is 0.000000477. The van der Waals surface area contributed by atoms with Crippen LogP contribution in [0.5, 0.6) is 5.75 Å². The number of benzene rings is 1. The summed E-state index contributed by atoms with van der Waals surface area (Å²) in [6.45, 7) is 11.5. The van der Waals surface area contributed by atoms with Gasteiger partial charge in [0.1, 0.15) is 19.0 Å². The highest BCUT2D eigenvalue weighted by Gasteiger charge is 2.11. The molecule has 0 atom stereocenters. The molecule has 0 fully saturated rings. The van der Waals surface area contributed by atoms with Gasteiger partial charge in [0.15, 0.2) is 0 Å². The monoisotopic (exact) mass is 348 g/mol. The van der Waals surface area contributed by atoms with Gasteiger partial charge in [-0.05, 0) is 25.6 Å². The van der Waals surface area contributed by atoms with Crippen LogP contribution in [0.1, 0.15) is 6.92 Å². The van der Waals surface area contributed by atoms with E-state index in [9.17, 15) is 14.4 Å². The van der Waals surface area contributed by atoms with E-state index in [4.69, 9.17) is 14.6 Å². The van der Waals surface area contributed by atoms with E-state index in [0.29, 0.717) is 6.61 Å². The van der Waals surface area contributed by atoms with Gasteiger partial charge in [0.2, 0.25) is 5.76 Å². The number of aliphatic carboxylic acids is 1. The van der Waals surface area contributed by atoms with E-state index in [1.54, 1.807) is 0 Å². The molecule has 0 bridgehead atoms. The van der Waals surface area contributed by atoms with Gasteiger partial charge in [0, 0.05) is 11.6 Å². The second kappa shape index (κ2) is 12.1. The highest BCUT2D eigenvalue weighted by molar-refractivity contribution is 5.93. The maximum atomic E-state index is 10.6. The summed E-state index contributed by atoms with van der Waals surface area (Å²) in [5, 5.41) is 8.21. The van der Waals surface area contributed by atoms with E-state index in [2.05, 4.69) is 24.5 Å². The molecule has 7 heteroatoms. The zero-order valence-electron chi connectivity index (χ0n) is 13.9. The summed E-state index contributed by atoms with van der Waals surface area (Å²) in [6, 6.07) is 9.35. The average molecular weight is 348 g/mol. The Labute approximate surface area is 145 Å². The standard InChI is InChI=1S/C11H12O3.C7H8O4/c1-2-11(12)14-9-8-13-10-6-4-3-5-7-10;1-4(2)7(10)11-5(3)6(8)9/h2-7H,1,8-9H2;1,3H2,2H3,(H,8,9). The molecule has 134 valence electrons. The molecule has 0 aliphatic carbocycles. The quantitative estimate of drug-likeness (QED) is 0.333. The van der Waals surface area contributed by atoms with Crippen molar-refractivity contribution >= 4 is 17.9 Å². The molecule has 0 spiro atoms. The molecule has 0 aliphatic rings. The second-order valence-corrected chi connectivity index (χ2v) is 4.43. The molecule has 1 aromatic carbocycles. The number of hydrogen-bond acceptors (Lipinski definition) is 6. The lowest BCUT2D eigenvalue weighted by atomic mass is 10.3. The summed E-state index contributed by atoms with van der Waals surface area (Å²) in [6.07, 6.45) is 1.13. The number of carbonyl (C=O) groups excluding carboxylic acids is 2. The van der Waals surface area contributed by atoms with Crippen molar-refractivity contribution in [2.75, 3.05) is 13.2 Å². The van der Waals surface area contributed by atoms with Gasteiger partial charge in [-0.15, -0.1) is 0 Å². The zero-order valence-corrected chi connectivity index (χ0v) is 13.9. The molecule has 0 heterocycles. The molecule has 0 aliphatic heterocycles. The van der Waals surface area contributed by atoms with Crippen LogP contribution in [0.15, 0.2) is 67.5 Å². The molecule has 0 amide bonds. The Hall–Kier alpha value is -3.35.